The van der Waals surface area contributed by atoms with Crippen molar-refractivity contribution in [1.82, 2.24) is 10.2 Å². The molecule has 1 aromatic carbocycles. The molecule has 2 rings (SSSR count). The Balaban J connectivity index is 2.59. The molecule has 1 heterocycles. The Morgan fingerprint density at radius 2 is 2.07 bits per heavy atom. The highest BCUT2D eigenvalue weighted by Gasteiger charge is 2.06. The van der Waals surface area contributed by atoms with E-state index in [0.717, 1.165) is 5.56 Å². The summed E-state index contributed by atoms with van der Waals surface area (Å²) in [5, 5.41) is 7.62. The second-order valence-electron chi connectivity index (χ2n) is 3.35. The molecule has 3 nitrogen and oxygen atoms in total. The molecule has 0 atom stereocenters. The molecule has 1 aromatic heterocycles. The molecule has 0 aliphatic carbocycles. The molecule has 0 saturated carbocycles. The van der Waals surface area contributed by atoms with E-state index in [0.29, 0.717) is 16.9 Å². The summed E-state index contributed by atoms with van der Waals surface area (Å²) in [6.45, 7) is 1.82. The van der Waals surface area contributed by atoms with E-state index in [1.165, 1.54) is 18.3 Å². The lowest BCUT2D eigenvalue weighted by atomic mass is 10.1. The van der Waals surface area contributed by atoms with Crippen LogP contribution in [0.5, 0.6) is 0 Å². The largest absolute Gasteiger partial charge is 0.397 e. The lowest BCUT2D eigenvalue weighted by Gasteiger charge is -2.04. The zero-order chi connectivity index (χ0) is 10.8. The van der Waals surface area contributed by atoms with Crippen LogP contribution in [0.25, 0.3) is 11.3 Å². The summed E-state index contributed by atoms with van der Waals surface area (Å²) in [5.41, 5.74) is 8.22. The summed E-state index contributed by atoms with van der Waals surface area (Å²) < 4.78 is 13.2. The van der Waals surface area contributed by atoms with Crippen molar-refractivity contribution in [2.24, 2.45) is 0 Å². The average Bonchev–Trinajstić information content (AvgIpc) is 2.16. The third kappa shape index (κ3) is 1.93. The van der Waals surface area contributed by atoms with Crippen LogP contribution in [0.1, 0.15) is 5.56 Å². The van der Waals surface area contributed by atoms with Crippen LogP contribution in [0.4, 0.5) is 10.1 Å². The van der Waals surface area contributed by atoms with Crippen molar-refractivity contribution in [1.29, 1.82) is 0 Å². The average molecular weight is 203 g/mol. The Morgan fingerprint density at radius 3 is 2.73 bits per heavy atom. The number of nitrogen functional groups attached to an aromatic ring is 1. The number of anilines is 1. The molecule has 0 bridgehead atoms. The van der Waals surface area contributed by atoms with Crippen molar-refractivity contribution < 1.29 is 4.39 Å². The number of halogens is 1. The summed E-state index contributed by atoms with van der Waals surface area (Å²) in [7, 11) is 0. The fourth-order valence-corrected chi connectivity index (χ4v) is 1.44. The van der Waals surface area contributed by atoms with Gasteiger partial charge in [-0.1, -0.05) is 0 Å². The number of nitrogens with zero attached hydrogens (tertiary/aromatic N) is 2. The number of rotatable bonds is 1. The van der Waals surface area contributed by atoms with Gasteiger partial charge < -0.3 is 5.73 Å². The normalized spacial score (nSPS) is 10.3. The highest BCUT2D eigenvalue weighted by Crippen LogP contribution is 2.23. The highest BCUT2D eigenvalue weighted by molar-refractivity contribution is 5.71. The minimum Gasteiger partial charge on any atom is -0.397 e. The molecule has 0 aliphatic rings. The molecule has 76 valence electrons. The smallest absolute Gasteiger partial charge is 0.124 e. The van der Waals surface area contributed by atoms with Gasteiger partial charge in [0.1, 0.15) is 11.5 Å². The molecule has 0 saturated heterocycles. The first-order valence-electron chi connectivity index (χ1n) is 4.51. The first kappa shape index (κ1) is 9.58. The summed E-state index contributed by atoms with van der Waals surface area (Å²) >= 11 is 0. The second-order valence-corrected chi connectivity index (χ2v) is 3.35. The van der Waals surface area contributed by atoms with E-state index >= 15 is 0 Å². The molecular weight excluding hydrogens is 193 g/mol. The summed E-state index contributed by atoms with van der Waals surface area (Å²) in [4.78, 5) is 0. The number of nitrogens with two attached hydrogens (primary N) is 1. The van der Waals surface area contributed by atoms with Crippen molar-refractivity contribution in [3.8, 4) is 11.3 Å². The van der Waals surface area contributed by atoms with E-state index in [4.69, 9.17) is 5.73 Å². The molecular formula is C11H10FN3. The van der Waals surface area contributed by atoms with Gasteiger partial charge in [0.05, 0.1) is 11.9 Å². The number of hydrogen-bond donors (Lipinski definition) is 1. The standard InChI is InChI=1S/C11H10FN3/c1-7-4-8(6-9(12)5-7)11-10(13)2-3-14-15-11/h2-6H,1H3,(H2,13,14). The van der Waals surface area contributed by atoms with Gasteiger partial charge in [0.25, 0.3) is 0 Å². The Hall–Kier alpha value is -1.97. The van der Waals surface area contributed by atoms with E-state index < -0.39 is 0 Å². The van der Waals surface area contributed by atoms with Crippen LogP contribution in [-0.4, -0.2) is 10.2 Å². The predicted octanol–water partition coefficient (Wildman–Crippen LogP) is 2.17. The molecule has 0 spiro atoms. The summed E-state index contributed by atoms with van der Waals surface area (Å²) in [6.07, 6.45) is 1.50. The molecule has 15 heavy (non-hydrogen) atoms. The number of aromatic nitrogens is 2. The van der Waals surface area contributed by atoms with Crippen LogP contribution in [0.15, 0.2) is 30.5 Å². The predicted molar refractivity (Wildman–Crippen MR) is 56.6 cm³/mol. The highest BCUT2D eigenvalue weighted by atomic mass is 19.1. The zero-order valence-corrected chi connectivity index (χ0v) is 8.24. The Labute approximate surface area is 86.8 Å². The number of benzene rings is 1. The Kier molecular flexibility index (Phi) is 2.33. The van der Waals surface area contributed by atoms with E-state index in [-0.39, 0.29) is 5.82 Å². The number of hydrogen-bond acceptors (Lipinski definition) is 3. The Morgan fingerprint density at radius 1 is 1.27 bits per heavy atom. The van der Waals surface area contributed by atoms with Gasteiger partial charge in [-0.05, 0) is 36.8 Å². The van der Waals surface area contributed by atoms with Crippen molar-refractivity contribution in [3.63, 3.8) is 0 Å². The van der Waals surface area contributed by atoms with Gasteiger partial charge >= 0.3 is 0 Å². The van der Waals surface area contributed by atoms with Gasteiger partial charge in [-0.2, -0.15) is 5.10 Å². The first-order valence-corrected chi connectivity index (χ1v) is 4.51. The monoisotopic (exact) mass is 203 g/mol. The fourth-order valence-electron chi connectivity index (χ4n) is 1.44. The minimum absolute atomic E-state index is 0.296. The van der Waals surface area contributed by atoms with Crippen molar-refractivity contribution in [3.05, 3.63) is 41.8 Å². The summed E-state index contributed by atoms with van der Waals surface area (Å²) in [6, 6.07) is 6.31. The van der Waals surface area contributed by atoms with Crippen LogP contribution in [0, 0.1) is 12.7 Å². The third-order valence-corrected chi connectivity index (χ3v) is 2.07. The zero-order valence-electron chi connectivity index (χ0n) is 8.24. The van der Waals surface area contributed by atoms with Gasteiger partial charge in [-0.15, -0.1) is 5.10 Å². The lowest BCUT2D eigenvalue weighted by molar-refractivity contribution is 0.627. The molecule has 0 amide bonds. The molecule has 0 aliphatic heterocycles. The lowest BCUT2D eigenvalue weighted by Crippen LogP contribution is -1.95. The van der Waals surface area contributed by atoms with Crippen molar-refractivity contribution >= 4 is 5.69 Å². The van der Waals surface area contributed by atoms with Crippen LogP contribution in [0.2, 0.25) is 0 Å². The van der Waals surface area contributed by atoms with Crippen LogP contribution < -0.4 is 5.73 Å². The quantitative estimate of drug-likeness (QED) is 0.772. The molecule has 0 radical (unpaired) electrons. The van der Waals surface area contributed by atoms with Gasteiger partial charge in [-0.25, -0.2) is 4.39 Å². The van der Waals surface area contributed by atoms with E-state index in [1.54, 1.807) is 6.07 Å². The fraction of sp³-hybridized carbons (Fsp3) is 0.0909. The van der Waals surface area contributed by atoms with E-state index in [1.807, 2.05) is 13.0 Å². The minimum atomic E-state index is -0.296. The van der Waals surface area contributed by atoms with Gasteiger partial charge in [0.2, 0.25) is 0 Å². The van der Waals surface area contributed by atoms with Crippen LogP contribution in [0.3, 0.4) is 0 Å². The maximum Gasteiger partial charge on any atom is 0.124 e. The molecule has 4 heteroatoms. The van der Waals surface area contributed by atoms with Crippen molar-refractivity contribution in [2.75, 3.05) is 5.73 Å². The number of aryl methyl sites for hydroxylation is 1. The summed E-state index contributed by atoms with van der Waals surface area (Å²) in [5.74, 6) is -0.296. The third-order valence-electron chi connectivity index (χ3n) is 2.07. The Bertz CT molecular complexity index is 477. The van der Waals surface area contributed by atoms with E-state index in [9.17, 15) is 4.39 Å². The first-order chi connectivity index (χ1) is 7.16. The molecule has 0 unspecified atom stereocenters. The topological polar surface area (TPSA) is 51.8 Å². The van der Waals surface area contributed by atoms with Gasteiger partial charge in [-0.3, -0.25) is 0 Å². The van der Waals surface area contributed by atoms with E-state index in [2.05, 4.69) is 10.2 Å². The second kappa shape index (κ2) is 3.65. The molecule has 2 aromatic rings. The van der Waals surface area contributed by atoms with Crippen LogP contribution >= 0.6 is 0 Å². The van der Waals surface area contributed by atoms with Gasteiger partial charge in [0, 0.05) is 5.56 Å². The molecule has 0 fully saturated rings. The maximum absolute atomic E-state index is 13.2. The van der Waals surface area contributed by atoms with Crippen LogP contribution in [-0.2, 0) is 0 Å². The maximum atomic E-state index is 13.2. The van der Waals surface area contributed by atoms with Gasteiger partial charge in [0.15, 0.2) is 0 Å². The molecule has 2 N–H and O–H groups in total. The van der Waals surface area contributed by atoms with Crippen molar-refractivity contribution in [2.45, 2.75) is 6.92 Å². The SMILES string of the molecule is Cc1cc(F)cc(-c2nnccc2N)c1.